The smallest absolute Gasteiger partial charge is 0.260 e. The van der Waals surface area contributed by atoms with E-state index < -0.39 is 0 Å². The molecule has 0 aromatic carbocycles. The molecule has 0 aliphatic heterocycles. The van der Waals surface area contributed by atoms with Crippen molar-refractivity contribution in [3.05, 3.63) is 39.1 Å². The SMILES string of the molecule is C[C@@H](Sc1nnnn1C1CCCCC1)c1nc2scc(-c3cccs3)c2c(=O)[nH]1. The fraction of sp³-hybridized carbons (Fsp3) is 0.421. The molecule has 1 aliphatic carbocycles. The van der Waals surface area contributed by atoms with Crippen molar-refractivity contribution in [3.63, 3.8) is 0 Å². The maximum absolute atomic E-state index is 12.9. The number of thioether (sulfide) groups is 1. The van der Waals surface area contributed by atoms with Crippen molar-refractivity contribution in [2.24, 2.45) is 0 Å². The second-order valence-electron chi connectivity index (χ2n) is 7.22. The lowest BCUT2D eigenvalue weighted by Gasteiger charge is -2.22. The number of thiophene rings is 2. The first-order valence-corrected chi connectivity index (χ1v) is 12.3. The van der Waals surface area contributed by atoms with E-state index in [1.165, 1.54) is 30.6 Å². The average molecular weight is 445 g/mol. The predicted molar refractivity (Wildman–Crippen MR) is 118 cm³/mol. The molecule has 0 spiro atoms. The van der Waals surface area contributed by atoms with Crippen molar-refractivity contribution in [1.29, 1.82) is 0 Å². The summed E-state index contributed by atoms with van der Waals surface area (Å²) in [7, 11) is 0. The van der Waals surface area contributed by atoms with E-state index in [4.69, 9.17) is 4.98 Å². The molecular formula is C19H20N6OS3. The minimum atomic E-state index is -0.0889. The number of tetrazole rings is 1. The van der Waals surface area contributed by atoms with Crippen LogP contribution in [0.3, 0.4) is 0 Å². The van der Waals surface area contributed by atoms with E-state index in [0.29, 0.717) is 17.3 Å². The topological polar surface area (TPSA) is 89.3 Å². The van der Waals surface area contributed by atoms with Crippen LogP contribution in [-0.4, -0.2) is 30.2 Å². The number of rotatable bonds is 5. The zero-order chi connectivity index (χ0) is 19.8. The van der Waals surface area contributed by atoms with Crippen molar-refractivity contribution >= 4 is 44.7 Å². The van der Waals surface area contributed by atoms with Crippen molar-refractivity contribution < 1.29 is 0 Å². The van der Waals surface area contributed by atoms with Crippen LogP contribution in [0.15, 0.2) is 32.8 Å². The van der Waals surface area contributed by atoms with E-state index in [-0.39, 0.29) is 10.8 Å². The highest BCUT2D eigenvalue weighted by atomic mass is 32.2. The maximum atomic E-state index is 12.9. The summed E-state index contributed by atoms with van der Waals surface area (Å²) < 4.78 is 1.96. The zero-order valence-electron chi connectivity index (χ0n) is 15.9. The van der Waals surface area contributed by atoms with Crippen molar-refractivity contribution in [2.75, 3.05) is 0 Å². The van der Waals surface area contributed by atoms with Crippen LogP contribution in [0.2, 0.25) is 0 Å². The molecule has 5 rings (SSSR count). The van der Waals surface area contributed by atoms with Gasteiger partial charge < -0.3 is 4.98 Å². The summed E-state index contributed by atoms with van der Waals surface area (Å²) in [6, 6.07) is 4.39. The Morgan fingerprint density at radius 1 is 1.28 bits per heavy atom. The number of aromatic nitrogens is 6. The molecule has 7 nitrogen and oxygen atoms in total. The molecule has 1 atom stereocenters. The van der Waals surface area contributed by atoms with Crippen LogP contribution >= 0.6 is 34.4 Å². The van der Waals surface area contributed by atoms with Gasteiger partial charge in [0.2, 0.25) is 5.16 Å². The van der Waals surface area contributed by atoms with Crippen molar-refractivity contribution in [1.82, 2.24) is 30.2 Å². The highest BCUT2D eigenvalue weighted by Gasteiger charge is 2.23. The molecule has 1 aliphatic rings. The summed E-state index contributed by atoms with van der Waals surface area (Å²) in [5.41, 5.74) is 0.871. The number of aromatic amines is 1. The quantitative estimate of drug-likeness (QED) is 0.433. The Hall–Kier alpha value is -2.04. The number of nitrogens with one attached hydrogen (secondary N) is 1. The van der Waals surface area contributed by atoms with E-state index in [0.717, 1.165) is 33.3 Å². The Balaban J connectivity index is 1.43. The molecule has 1 saturated carbocycles. The standard InChI is InChI=1S/C19H20N6OS3/c1-11(29-19-22-23-24-25(19)12-6-3-2-4-7-12)16-20-17(26)15-13(10-28-18(15)21-16)14-8-5-9-27-14/h5,8-12H,2-4,6-7H2,1H3,(H,20,21,26)/t11-/m1/s1. The largest absolute Gasteiger partial charge is 0.309 e. The first-order chi connectivity index (χ1) is 14.2. The van der Waals surface area contributed by atoms with Gasteiger partial charge in [-0.2, -0.15) is 0 Å². The normalized spacial score (nSPS) is 16.4. The van der Waals surface area contributed by atoms with E-state index in [9.17, 15) is 4.79 Å². The van der Waals surface area contributed by atoms with Gasteiger partial charge >= 0.3 is 0 Å². The van der Waals surface area contributed by atoms with Gasteiger partial charge in [-0.25, -0.2) is 9.67 Å². The molecule has 1 fully saturated rings. The number of hydrogen-bond donors (Lipinski definition) is 1. The second kappa shape index (κ2) is 8.00. The summed E-state index contributed by atoms with van der Waals surface area (Å²) in [4.78, 5) is 22.5. The van der Waals surface area contributed by atoms with Gasteiger partial charge in [-0.15, -0.1) is 27.8 Å². The van der Waals surface area contributed by atoms with Gasteiger partial charge in [0.15, 0.2) is 0 Å². The molecule has 150 valence electrons. The van der Waals surface area contributed by atoms with E-state index in [2.05, 4.69) is 20.5 Å². The van der Waals surface area contributed by atoms with Crippen LogP contribution in [0.5, 0.6) is 0 Å². The molecule has 4 aromatic rings. The number of fused-ring (bicyclic) bond motifs is 1. The average Bonchev–Trinajstić information content (AvgIpc) is 3.48. The number of hydrogen-bond acceptors (Lipinski definition) is 8. The number of nitrogens with zero attached hydrogens (tertiary/aromatic N) is 5. The van der Waals surface area contributed by atoms with Gasteiger partial charge in [0.1, 0.15) is 10.7 Å². The van der Waals surface area contributed by atoms with E-state index in [1.807, 2.05) is 34.5 Å². The fourth-order valence-electron chi connectivity index (χ4n) is 3.80. The lowest BCUT2D eigenvalue weighted by atomic mass is 9.96. The van der Waals surface area contributed by atoms with Crippen LogP contribution in [0.4, 0.5) is 0 Å². The Morgan fingerprint density at radius 2 is 2.14 bits per heavy atom. The van der Waals surface area contributed by atoms with Gasteiger partial charge in [0.25, 0.3) is 5.56 Å². The third-order valence-electron chi connectivity index (χ3n) is 5.30. The second-order valence-corrected chi connectivity index (χ2v) is 10.3. The Bertz CT molecular complexity index is 1170. The van der Waals surface area contributed by atoms with Crippen LogP contribution in [0.25, 0.3) is 20.7 Å². The molecule has 4 heterocycles. The third-order valence-corrected chi connectivity index (χ3v) is 8.13. The Morgan fingerprint density at radius 3 is 2.93 bits per heavy atom. The molecule has 0 unspecified atom stereocenters. The lowest BCUT2D eigenvalue weighted by molar-refractivity contribution is 0.307. The Kier molecular flexibility index (Phi) is 5.23. The molecule has 4 aromatic heterocycles. The highest BCUT2D eigenvalue weighted by molar-refractivity contribution is 7.99. The maximum Gasteiger partial charge on any atom is 0.260 e. The minimum Gasteiger partial charge on any atom is -0.309 e. The molecule has 0 saturated heterocycles. The summed E-state index contributed by atoms with van der Waals surface area (Å²) in [6.07, 6.45) is 5.97. The van der Waals surface area contributed by atoms with Gasteiger partial charge in [-0.1, -0.05) is 37.1 Å². The van der Waals surface area contributed by atoms with Crippen molar-refractivity contribution in [2.45, 2.75) is 55.5 Å². The first kappa shape index (κ1) is 19.0. The molecule has 0 amide bonds. The molecule has 29 heavy (non-hydrogen) atoms. The predicted octanol–water partition coefficient (Wildman–Crippen LogP) is 5.06. The highest BCUT2D eigenvalue weighted by Crippen LogP contribution is 2.37. The van der Waals surface area contributed by atoms with Crippen LogP contribution < -0.4 is 5.56 Å². The summed E-state index contributed by atoms with van der Waals surface area (Å²) in [6.45, 7) is 2.03. The summed E-state index contributed by atoms with van der Waals surface area (Å²) in [5, 5.41) is 17.8. The molecule has 0 bridgehead atoms. The van der Waals surface area contributed by atoms with Gasteiger partial charge in [-0.05, 0) is 41.6 Å². The minimum absolute atomic E-state index is 0.0623. The van der Waals surface area contributed by atoms with E-state index >= 15 is 0 Å². The molecule has 0 radical (unpaired) electrons. The number of H-pyrrole nitrogens is 1. The summed E-state index contributed by atoms with van der Waals surface area (Å²) >= 11 is 4.69. The third kappa shape index (κ3) is 3.64. The monoisotopic (exact) mass is 444 g/mol. The molecule has 10 heteroatoms. The van der Waals surface area contributed by atoms with Crippen LogP contribution in [-0.2, 0) is 0 Å². The summed E-state index contributed by atoms with van der Waals surface area (Å²) in [5.74, 6) is 0.658. The first-order valence-electron chi connectivity index (χ1n) is 9.70. The van der Waals surface area contributed by atoms with Gasteiger partial charge in [-0.3, -0.25) is 4.79 Å². The molecular weight excluding hydrogens is 424 g/mol. The van der Waals surface area contributed by atoms with E-state index in [1.54, 1.807) is 23.1 Å². The Labute approximate surface area is 179 Å². The van der Waals surface area contributed by atoms with Crippen LogP contribution in [0, 0.1) is 0 Å². The van der Waals surface area contributed by atoms with Crippen LogP contribution in [0.1, 0.15) is 56.1 Å². The fourth-order valence-corrected chi connectivity index (χ4v) is 6.49. The van der Waals surface area contributed by atoms with Gasteiger partial charge in [0.05, 0.1) is 16.7 Å². The lowest BCUT2D eigenvalue weighted by Crippen LogP contribution is -2.16. The van der Waals surface area contributed by atoms with Crippen molar-refractivity contribution in [3.8, 4) is 10.4 Å². The zero-order valence-corrected chi connectivity index (χ0v) is 18.3. The molecule has 1 N–H and O–H groups in total. The van der Waals surface area contributed by atoms with Gasteiger partial charge in [0, 0.05) is 15.8 Å².